The second-order valence-corrected chi connectivity index (χ2v) is 5.69. The van der Waals surface area contributed by atoms with Crippen molar-refractivity contribution < 1.29 is 23.8 Å². The van der Waals surface area contributed by atoms with Crippen LogP contribution in [0, 0.1) is 0 Å². The largest absolute Gasteiger partial charge is 0.480 e. The zero-order chi connectivity index (χ0) is 16.0. The summed E-state index contributed by atoms with van der Waals surface area (Å²) in [5.74, 6) is -1.16. The van der Waals surface area contributed by atoms with Crippen LogP contribution in [-0.2, 0) is 22.6 Å². The standard InChI is InChI=1S/C15H20FNO4/c1-15(2,3)21-14(20)17-12(13(18)19)8-10-4-6-11(9-16)7-5-10/h4-7,12H,8-9H2,1-3H3,(H,17,20)(H,18,19)/t12-/m0/s1. The van der Waals surface area contributed by atoms with Crippen LogP contribution in [-0.4, -0.2) is 28.8 Å². The fraction of sp³-hybridized carbons (Fsp3) is 0.467. The Hall–Kier alpha value is -2.11. The monoisotopic (exact) mass is 297 g/mol. The van der Waals surface area contributed by atoms with Gasteiger partial charge in [0.1, 0.15) is 18.3 Å². The van der Waals surface area contributed by atoms with Crippen LogP contribution in [0.3, 0.4) is 0 Å². The highest BCUT2D eigenvalue weighted by Gasteiger charge is 2.24. The van der Waals surface area contributed by atoms with E-state index in [9.17, 15) is 14.0 Å². The first-order valence-corrected chi connectivity index (χ1v) is 6.57. The molecule has 2 N–H and O–H groups in total. The van der Waals surface area contributed by atoms with Crippen molar-refractivity contribution in [2.45, 2.75) is 45.5 Å². The maximum atomic E-state index is 12.4. The minimum atomic E-state index is -1.16. The Bertz CT molecular complexity index is 493. The van der Waals surface area contributed by atoms with Crippen molar-refractivity contribution in [3.63, 3.8) is 0 Å². The van der Waals surface area contributed by atoms with Gasteiger partial charge in [-0.2, -0.15) is 0 Å². The highest BCUT2D eigenvalue weighted by atomic mass is 19.1. The van der Waals surface area contributed by atoms with Crippen LogP contribution in [0.2, 0.25) is 0 Å². The third kappa shape index (κ3) is 6.25. The number of carbonyl (C=O) groups is 2. The summed E-state index contributed by atoms with van der Waals surface area (Å²) in [5, 5.41) is 11.5. The summed E-state index contributed by atoms with van der Waals surface area (Å²) in [4.78, 5) is 22.8. The predicted octanol–water partition coefficient (Wildman–Crippen LogP) is 2.68. The van der Waals surface area contributed by atoms with Crippen LogP contribution in [0.4, 0.5) is 9.18 Å². The number of ether oxygens (including phenoxy) is 1. The lowest BCUT2D eigenvalue weighted by Crippen LogP contribution is -2.44. The average Bonchev–Trinajstić information content (AvgIpc) is 2.36. The number of rotatable bonds is 5. The lowest BCUT2D eigenvalue weighted by molar-refractivity contribution is -0.139. The molecule has 21 heavy (non-hydrogen) atoms. The van der Waals surface area contributed by atoms with Crippen LogP contribution in [0.15, 0.2) is 24.3 Å². The highest BCUT2D eigenvalue weighted by Crippen LogP contribution is 2.10. The maximum absolute atomic E-state index is 12.4. The first-order valence-electron chi connectivity index (χ1n) is 6.57. The Morgan fingerprint density at radius 3 is 2.19 bits per heavy atom. The van der Waals surface area contributed by atoms with Gasteiger partial charge in [-0.25, -0.2) is 14.0 Å². The maximum Gasteiger partial charge on any atom is 0.408 e. The van der Waals surface area contributed by atoms with E-state index in [0.29, 0.717) is 11.1 Å². The van der Waals surface area contributed by atoms with E-state index in [2.05, 4.69) is 5.32 Å². The van der Waals surface area contributed by atoms with Crippen molar-refractivity contribution in [3.05, 3.63) is 35.4 Å². The molecule has 0 fully saturated rings. The number of alkyl carbamates (subject to hydrolysis) is 1. The SMILES string of the molecule is CC(C)(C)OC(=O)N[C@@H](Cc1ccc(CF)cc1)C(=O)O. The number of carboxylic acid groups (broad SMARTS) is 1. The summed E-state index contributed by atoms with van der Waals surface area (Å²) in [7, 11) is 0. The van der Waals surface area contributed by atoms with Gasteiger partial charge in [-0.1, -0.05) is 24.3 Å². The molecule has 0 aliphatic rings. The molecule has 1 aromatic carbocycles. The van der Waals surface area contributed by atoms with Gasteiger partial charge in [0.15, 0.2) is 0 Å². The van der Waals surface area contributed by atoms with Gasteiger partial charge in [-0.15, -0.1) is 0 Å². The summed E-state index contributed by atoms with van der Waals surface area (Å²) in [5.41, 5.74) is 0.511. The molecule has 1 rings (SSSR count). The van der Waals surface area contributed by atoms with Gasteiger partial charge in [0.25, 0.3) is 0 Å². The second kappa shape index (κ2) is 7.06. The van der Waals surface area contributed by atoms with Crippen molar-refractivity contribution in [2.24, 2.45) is 0 Å². The minimum Gasteiger partial charge on any atom is -0.480 e. The number of amides is 1. The van der Waals surface area contributed by atoms with Crippen LogP contribution in [0.25, 0.3) is 0 Å². The first kappa shape index (κ1) is 16.9. The fourth-order valence-corrected chi connectivity index (χ4v) is 1.65. The molecule has 0 unspecified atom stereocenters. The van der Waals surface area contributed by atoms with Gasteiger partial charge >= 0.3 is 12.1 Å². The van der Waals surface area contributed by atoms with Gasteiger partial charge in [-0.3, -0.25) is 0 Å². The summed E-state index contributed by atoms with van der Waals surface area (Å²) in [6, 6.07) is 5.35. The summed E-state index contributed by atoms with van der Waals surface area (Å²) in [6.45, 7) is 4.51. The third-order valence-corrected chi connectivity index (χ3v) is 2.61. The van der Waals surface area contributed by atoms with Gasteiger partial charge in [-0.05, 0) is 31.9 Å². The number of alkyl halides is 1. The molecular formula is C15H20FNO4. The van der Waals surface area contributed by atoms with Crippen molar-refractivity contribution >= 4 is 12.1 Å². The molecule has 5 nitrogen and oxygen atoms in total. The molecule has 6 heteroatoms. The Morgan fingerprint density at radius 1 is 1.24 bits per heavy atom. The van der Waals surface area contributed by atoms with Crippen molar-refractivity contribution in [3.8, 4) is 0 Å². The first-order chi connectivity index (χ1) is 9.71. The number of benzene rings is 1. The molecule has 1 aromatic rings. The van der Waals surface area contributed by atoms with Crippen molar-refractivity contribution in [1.82, 2.24) is 5.32 Å². The van der Waals surface area contributed by atoms with E-state index in [1.807, 2.05) is 0 Å². The van der Waals surface area contributed by atoms with E-state index in [1.54, 1.807) is 45.0 Å². The predicted molar refractivity (Wildman–Crippen MR) is 75.8 cm³/mol. The number of halogens is 1. The van der Waals surface area contributed by atoms with Crippen LogP contribution in [0.5, 0.6) is 0 Å². The lowest BCUT2D eigenvalue weighted by atomic mass is 10.0. The molecule has 116 valence electrons. The second-order valence-electron chi connectivity index (χ2n) is 5.69. The molecule has 0 heterocycles. The molecule has 1 atom stereocenters. The summed E-state index contributed by atoms with van der Waals surface area (Å²) in [6.07, 6.45) is -0.684. The molecule has 0 saturated heterocycles. The number of hydrogen-bond acceptors (Lipinski definition) is 3. The number of carbonyl (C=O) groups excluding carboxylic acids is 1. The molecule has 0 spiro atoms. The van der Waals surface area contributed by atoms with E-state index >= 15 is 0 Å². The molecule has 0 radical (unpaired) electrons. The lowest BCUT2D eigenvalue weighted by Gasteiger charge is -2.22. The molecule has 0 aromatic heterocycles. The van der Waals surface area contributed by atoms with Crippen LogP contribution >= 0.6 is 0 Å². The summed E-state index contributed by atoms with van der Waals surface area (Å²) >= 11 is 0. The van der Waals surface area contributed by atoms with Crippen molar-refractivity contribution in [2.75, 3.05) is 0 Å². The van der Waals surface area contributed by atoms with Gasteiger partial charge in [0.05, 0.1) is 0 Å². The van der Waals surface area contributed by atoms with Crippen LogP contribution < -0.4 is 5.32 Å². The number of carboxylic acids is 1. The molecule has 1 amide bonds. The number of aliphatic carboxylic acids is 1. The minimum absolute atomic E-state index is 0.0984. The molecule has 0 bridgehead atoms. The van der Waals surface area contributed by atoms with E-state index in [0.717, 1.165) is 0 Å². The van der Waals surface area contributed by atoms with Gasteiger partial charge in [0, 0.05) is 6.42 Å². The van der Waals surface area contributed by atoms with Gasteiger partial charge < -0.3 is 15.2 Å². The van der Waals surface area contributed by atoms with Crippen LogP contribution in [0.1, 0.15) is 31.9 Å². The fourth-order valence-electron chi connectivity index (χ4n) is 1.65. The topological polar surface area (TPSA) is 75.6 Å². The Morgan fingerprint density at radius 2 is 1.76 bits per heavy atom. The van der Waals surface area contributed by atoms with E-state index in [4.69, 9.17) is 9.84 Å². The summed E-state index contributed by atoms with van der Waals surface area (Å²) < 4.78 is 17.4. The molecular weight excluding hydrogens is 277 g/mol. The van der Waals surface area contributed by atoms with Gasteiger partial charge in [0.2, 0.25) is 0 Å². The zero-order valence-corrected chi connectivity index (χ0v) is 12.4. The van der Waals surface area contributed by atoms with Crippen molar-refractivity contribution in [1.29, 1.82) is 0 Å². The molecule has 0 aliphatic carbocycles. The normalized spacial score (nSPS) is 12.6. The van der Waals surface area contributed by atoms with E-state index < -0.39 is 30.4 Å². The smallest absolute Gasteiger partial charge is 0.408 e. The number of hydrogen-bond donors (Lipinski definition) is 2. The Kier molecular flexibility index (Phi) is 5.69. The molecule has 0 aliphatic heterocycles. The van der Waals surface area contributed by atoms with E-state index in [1.165, 1.54) is 0 Å². The average molecular weight is 297 g/mol. The highest BCUT2D eigenvalue weighted by molar-refractivity contribution is 5.80. The Labute approximate surface area is 123 Å². The molecule has 0 saturated carbocycles. The Balaban J connectivity index is 2.69. The quantitative estimate of drug-likeness (QED) is 0.876. The third-order valence-electron chi connectivity index (χ3n) is 2.61. The van der Waals surface area contributed by atoms with E-state index in [-0.39, 0.29) is 6.42 Å². The zero-order valence-electron chi connectivity index (χ0n) is 12.4. The number of nitrogens with one attached hydrogen (secondary N) is 1.